The van der Waals surface area contributed by atoms with Crippen LogP contribution in [-0.2, 0) is 12.0 Å². The number of rotatable bonds is 6. The molecule has 0 fully saturated rings. The number of aromatic nitrogens is 1. The number of thiazole rings is 1. The van der Waals surface area contributed by atoms with Crippen LogP contribution in [0.2, 0.25) is 0 Å². The third-order valence-electron chi connectivity index (χ3n) is 2.82. The smallest absolute Gasteiger partial charge is 0.0982 e. The Hall–Kier alpha value is -0.410. The number of unbranched alkanes of at least 4 members (excludes halogenated alkanes) is 1. The van der Waals surface area contributed by atoms with Crippen LogP contribution < -0.4 is 5.32 Å². The van der Waals surface area contributed by atoms with Crippen LogP contribution in [0.25, 0.3) is 0 Å². The van der Waals surface area contributed by atoms with E-state index in [1.54, 1.807) is 11.3 Å². The van der Waals surface area contributed by atoms with Gasteiger partial charge < -0.3 is 5.32 Å². The number of nitrogens with zero attached hydrogens (tertiary/aromatic N) is 1. The van der Waals surface area contributed by atoms with Gasteiger partial charge in [-0.3, -0.25) is 0 Å². The first-order valence-electron chi connectivity index (χ1n) is 6.61. The molecule has 98 valence electrons. The third kappa shape index (κ3) is 5.17. The predicted molar refractivity (Wildman–Crippen MR) is 76.6 cm³/mol. The van der Waals surface area contributed by atoms with Crippen molar-refractivity contribution in [3.8, 4) is 0 Å². The summed E-state index contributed by atoms with van der Waals surface area (Å²) in [5.74, 6) is 0. The summed E-state index contributed by atoms with van der Waals surface area (Å²) in [6.07, 6.45) is 3.84. The Labute approximate surface area is 110 Å². The van der Waals surface area contributed by atoms with Gasteiger partial charge in [-0.1, -0.05) is 40.5 Å². The largest absolute Gasteiger partial charge is 0.309 e. The van der Waals surface area contributed by atoms with E-state index in [2.05, 4.69) is 50.3 Å². The van der Waals surface area contributed by atoms with E-state index >= 15 is 0 Å². The Balaban J connectivity index is 2.40. The highest BCUT2D eigenvalue weighted by atomic mass is 32.1. The zero-order valence-corrected chi connectivity index (χ0v) is 12.7. The second-order valence-corrected chi connectivity index (χ2v) is 6.68. The first-order chi connectivity index (χ1) is 7.93. The van der Waals surface area contributed by atoms with Crippen molar-refractivity contribution in [1.29, 1.82) is 0 Å². The lowest BCUT2D eigenvalue weighted by molar-refractivity contribution is 0.490. The molecule has 0 aromatic carbocycles. The van der Waals surface area contributed by atoms with E-state index in [4.69, 9.17) is 0 Å². The van der Waals surface area contributed by atoms with Gasteiger partial charge in [-0.15, -0.1) is 11.3 Å². The molecule has 1 unspecified atom stereocenters. The van der Waals surface area contributed by atoms with Gasteiger partial charge in [0.05, 0.1) is 10.7 Å². The van der Waals surface area contributed by atoms with Crippen molar-refractivity contribution in [2.24, 2.45) is 0 Å². The molecular weight excluding hydrogens is 228 g/mol. The Morgan fingerprint density at radius 2 is 2.12 bits per heavy atom. The fourth-order valence-corrected chi connectivity index (χ4v) is 2.53. The molecule has 3 heteroatoms. The van der Waals surface area contributed by atoms with Gasteiger partial charge in [0.2, 0.25) is 0 Å². The molecule has 2 nitrogen and oxygen atoms in total. The summed E-state index contributed by atoms with van der Waals surface area (Å²) < 4.78 is 0. The first-order valence-corrected chi connectivity index (χ1v) is 7.49. The van der Waals surface area contributed by atoms with Gasteiger partial charge in [0.25, 0.3) is 0 Å². The average molecular weight is 254 g/mol. The monoisotopic (exact) mass is 254 g/mol. The van der Waals surface area contributed by atoms with Crippen LogP contribution in [0.4, 0.5) is 0 Å². The maximum absolute atomic E-state index is 4.69. The summed E-state index contributed by atoms with van der Waals surface area (Å²) in [7, 11) is 0. The maximum atomic E-state index is 4.69. The minimum absolute atomic E-state index is 0.177. The van der Waals surface area contributed by atoms with Crippen molar-refractivity contribution >= 4 is 11.3 Å². The summed E-state index contributed by atoms with van der Waals surface area (Å²) in [6.45, 7) is 12.0. The van der Waals surface area contributed by atoms with E-state index in [1.165, 1.54) is 30.0 Å². The van der Waals surface area contributed by atoms with Crippen molar-refractivity contribution in [3.05, 3.63) is 16.1 Å². The molecule has 1 atom stereocenters. The van der Waals surface area contributed by atoms with Crippen molar-refractivity contribution in [2.75, 3.05) is 0 Å². The molecule has 0 spiro atoms. The Morgan fingerprint density at radius 1 is 1.41 bits per heavy atom. The average Bonchev–Trinajstić information content (AvgIpc) is 2.71. The first kappa shape index (κ1) is 14.7. The Morgan fingerprint density at radius 3 is 2.65 bits per heavy atom. The SMILES string of the molecule is CCCCC(C)NCc1csc(C(C)(C)C)n1. The fraction of sp³-hybridized carbons (Fsp3) is 0.786. The van der Waals surface area contributed by atoms with Crippen LogP contribution in [0.1, 0.15) is 64.6 Å². The van der Waals surface area contributed by atoms with Crippen molar-refractivity contribution in [1.82, 2.24) is 10.3 Å². The molecule has 0 aliphatic carbocycles. The van der Waals surface area contributed by atoms with Gasteiger partial charge >= 0.3 is 0 Å². The molecule has 1 heterocycles. The van der Waals surface area contributed by atoms with Crippen LogP contribution in [-0.4, -0.2) is 11.0 Å². The molecule has 1 N–H and O–H groups in total. The van der Waals surface area contributed by atoms with Crippen LogP contribution >= 0.6 is 11.3 Å². The van der Waals surface area contributed by atoms with Gasteiger partial charge in [-0.05, 0) is 13.3 Å². The highest BCUT2D eigenvalue weighted by Gasteiger charge is 2.17. The molecule has 0 amide bonds. The minimum Gasteiger partial charge on any atom is -0.309 e. The summed E-state index contributed by atoms with van der Waals surface area (Å²) in [5.41, 5.74) is 1.36. The van der Waals surface area contributed by atoms with Gasteiger partial charge in [0.1, 0.15) is 0 Å². The van der Waals surface area contributed by atoms with E-state index < -0.39 is 0 Å². The van der Waals surface area contributed by atoms with E-state index in [-0.39, 0.29) is 5.41 Å². The van der Waals surface area contributed by atoms with Gasteiger partial charge in [0, 0.05) is 23.4 Å². The zero-order chi connectivity index (χ0) is 12.9. The summed E-state index contributed by atoms with van der Waals surface area (Å²) in [4.78, 5) is 4.69. The Kier molecular flexibility index (Phi) is 5.60. The number of hydrogen-bond donors (Lipinski definition) is 1. The standard InChI is InChI=1S/C14H26N2S/c1-6-7-8-11(2)15-9-12-10-17-13(16-12)14(3,4)5/h10-11,15H,6-9H2,1-5H3. The van der Waals surface area contributed by atoms with Crippen LogP contribution in [0.5, 0.6) is 0 Å². The van der Waals surface area contributed by atoms with E-state index in [0.29, 0.717) is 6.04 Å². The lowest BCUT2D eigenvalue weighted by Gasteiger charge is -2.14. The van der Waals surface area contributed by atoms with Crippen LogP contribution in [0, 0.1) is 0 Å². The predicted octanol–water partition coefficient (Wildman–Crippen LogP) is 4.11. The number of nitrogens with one attached hydrogen (secondary N) is 1. The molecule has 0 saturated heterocycles. The molecule has 1 rings (SSSR count). The van der Waals surface area contributed by atoms with Gasteiger partial charge in [0.15, 0.2) is 0 Å². The molecule has 17 heavy (non-hydrogen) atoms. The topological polar surface area (TPSA) is 24.9 Å². The zero-order valence-electron chi connectivity index (χ0n) is 11.8. The second kappa shape index (κ2) is 6.50. The van der Waals surface area contributed by atoms with E-state index in [0.717, 1.165) is 6.54 Å². The van der Waals surface area contributed by atoms with Crippen molar-refractivity contribution in [3.63, 3.8) is 0 Å². The summed E-state index contributed by atoms with van der Waals surface area (Å²) >= 11 is 1.77. The van der Waals surface area contributed by atoms with E-state index in [9.17, 15) is 0 Å². The highest BCUT2D eigenvalue weighted by molar-refractivity contribution is 7.09. The van der Waals surface area contributed by atoms with Gasteiger partial charge in [-0.2, -0.15) is 0 Å². The minimum atomic E-state index is 0.177. The van der Waals surface area contributed by atoms with Gasteiger partial charge in [-0.25, -0.2) is 4.98 Å². The molecular formula is C14H26N2S. The normalized spacial score (nSPS) is 13.9. The van der Waals surface area contributed by atoms with Crippen LogP contribution in [0.3, 0.4) is 0 Å². The molecule has 1 aromatic rings. The summed E-state index contributed by atoms with van der Waals surface area (Å²) in [6, 6.07) is 0.592. The molecule has 0 aliphatic heterocycles. The quantitative estimate of drug-likeness (QED) is 0.826. The number of hydrogen-bond acceptors (Lipinski definition) is 3. The fourth-order valence-electron chi connectivity index (χ4n) is 1.62. The third-order valence-corrected chi connectivity index (χ3v) is 4.13. The lowest BCUT2D eigenvalue weighted by atomic mass is 9.98. The maximum Gasteiger partial charge on any atom is 0.0982 e. The molecule has 0 bridgehead atoms. The van der Waals surface area contributed by atoms with E-state index in [1.807, 2.05) is 0 Å². The Bertz CT molecular complexity index is 325. The van der Waals surface area contributed by atoms with Crippen molar-refractivity contribution < 1.29 is 0 Å². The lowest BCUT2D eigenvalue weighted by Crippen LogP contribution is -2.25. The van der Waals surface area contributed by atoms with Crippen LogP contribution in [0.15, 0.2) is 5.38 Å². The molecule has 0 radical (unpaired) electrons. The summed E-state index contributed by atoms with van der Waals surface area (Å²) in [5, 5.41) is 6.96. The molecule has 0 saturated carbocycles. The van der Waals surface area contributed by atoms with Crippen molar-refractivity contribution in [2.45, 2.75) is 71.9 Å². The molecule has 1 aromatic heterocycles. The highest BCUT2D eigenvalue weighted by Crippen LogP contribution is 2.25. The second-order valence-electron chi connectivity index (χ2n) is 5.82. The molecule has 0 aliphatic rings.